The van der Waals surface area contributed by atoms with Gasteiger partial charge in [-0.25, -0.2) is 0 Å². The Bertz CT molecular complexity index is 1010. The predicted molar refractivity (Wildman–Crippen MR) is 123 cm³/mol. The number of unbranched alkanes of at least 4 members (excludes halogenated alkanes) is 5. The van der Waals surface area contributed by atoms with Crippen molar-refractivity contribution in [1.82, 2.24) is 4.98 Å². The first-order valence-electron chi connectivity index (χ1n) is 11.4. The molecule has 4 nitrogen and oxygen atoms in total. The molecule has 164 valence electrons. The summed E-state index contributed by atoms with van der Waals surface area (Å²) in [6, 6.07) is 17.0. The van der Waals surface area contributed by atoms with Crippen LogP contribution >= 0.6 is 0 Å². The summed E-state index contributed by atoms with van der Waals surface area (Å²) in [4.78, 5) is 15.8. The Morgan fingerprint density at radius 2 is 1.72 bits per heavy atom. The Morgan fingerprint density at radius 1 is 0.969 bits per heavy atom. The van der Waals surface area contributed by atoms with Gasteiger partial charge in [0.25, 0.3) is 0 Å². The van der Waals surface area contributed by atoms with E-state index in [-0.39, 0.29) is 24.4 Å². The minimum Gasteiger partial charge on any atom is -0.545 e. The minimum absolute atomic E-state index is 0. The second kappa shape index (κ2) is 13.4. The zero-order chi connectivity index (χ0) is 22.1. The average Bonchev–Trinajstić information content (AvgIpc) is 2.79. The zero-order valence-electron chi connectivity index (χ0n) is 19.3. The van der Waals surface area contributed by atoms with Gasteiger partial charge < -0.3 is 15.0 Å². The van der Waals surface area contributed by atoms with Gasteiger partial charge in [0.05, 0.1) is 17.6 Å². The molecule has 1 atom stereocenters. The number of carboxylic acid groups (broad SMARTS) is 1. The molecule has 3 rings (SSSR count). The molecule has 3 aromatic rings. The number of fused-ring (bicyclic) bond motifs is 1. The molecule has 1 N–H and O–H groups in total. The number of hydrogen-bond donors (Lipinski definition) is 1. The number of carboxylic acids is 1. The van der Waals surface area contributed by atoms with Crippen LogP contribution in [0.5, 0.6) is 0 Å². The number of aromatic carboxylic acids is 1. The van der Waals surface area contributed by atoms with Crippen LogP contribution in [0.15, 0.2) is 54.6 Å². The van der Waals surface area contributed by atoms with Crippen LogP contribution in [0.4, 0.5) is 0 Å². The van der Waals surface area contributed by atoms with Gasteiger partial charge in [-0.1, -0.05) is 81.8 Å². The van der Waals surface area contributed by atoms with Crippen LogP contribution in [0, 0.1) is 0 Å². The third kappa shape index (κ3) is 7.78. The molecule has 0 radical (unpaired) electrons. The summed E-state index contributed by atoms with van der Waals surface area (Å²) >= 11 is 0. The summed E-state index contributed by atoms with van der Waals surface area (Å²) in [7, 11) is 0. The summed E-state index contributed by atoms with van der Waals surface area (Å²) in [5, 5.41) is 22.7. The van der Waals surface area contributed by atoms with Gasteiger partial charge >= 0.3 is 18.9 Å². The van der Waals surface area contributed by atoms with Gasteiger partial charge in [-0.05, 0) is 54.2 Å². The Morgan fingerprint density at radius 3 is 2.50 bits per heavy atom. The zero-order valence-corrected chi connectivity index (χ0v) is 19.3. The third-order valence-corrected chi connectivity index (χ3v) is 5.82. The van der Waals surface area contributed by atoms with E-state index in [1.54, 1.807) is 18.2 Å². The maximum absolute atomic E-state index is 11.0. The summed E-state index contributed by atoms with van der Waals surface area (Å²) in [6.45, 7) is 2.22. The second-order valence-corrected chi connectivity index (χ2v) is 8.31. The number of aryl methyl sites for hydroxylation is 2. The fourth-order valence-electron chi connectivity index (χ4n) is 3.93. The number of benzene rings is 2. The molecule has 0 amide bonds. The van der Waals surface area contributed by atoms with Gasteiger partial charge in [-0.15, -0.1) is 0 Å². The molecule has 0 aliphatic rings. The van der Waals surface area contributed by atoms with Crippen LogP contribution < -0.4 is 24.0 Å². The van der Waals surface area contributed by atoms with Crippen LogP contribution in [0.2, 0.25) is 0 Å². The third-order valence-electron chi connectivity index (χ3n) is 5.82. The molecule has 1 unspecified atom stereocenters. The van der Waals surface area contributed by atoms with Crippen molar-refractivity contribution in [3.05, 3.63) is 77.0 Å². The van der Waals surface area contributed by atoms with Crippen LogP contribution in [0.3, 0.4) is 0 Å². The van der Waals surface area contributed by atoms with E-state index in [9.17, 15) is 15.0 Å². The number of aliphatic hydroxyl groups is 1. The van der Waals surface area contributed by atoms with Crippen LogP contribution in [-0.2, 0) is 12.8 Å². The SMILES string of the molecule is CCCCCCCCC(O)c1ccc2ccc(CCc3cccc(C(=O)[O-])c3)nc2c1.[Li+]. The van der Waals surface area contributed by atoms with Crippen molar-refractivity contribution in [1.29, 1.82) is 0 Å². The first-order chi connectivity index (χ1) is 15.1. The van der Waals surface area contributed by atoms with E-state index in [1.807, 2.05) is 30.3 Å². The molecule has 0 fully saturated rings. The van der Waals surface area contributed by atoms with Gasteiger partial charge in [-0.2, -0.15) is 0 Å². The van der Waals surface area contributed by atoms with E-state index in [2.05, 4.69) is 13.0 Å². The van der Waals surface area contributed by atoms with Gasteiger partial charge in [0.1, 0.15) is 0 Å². The van der Waals surface area contributed by atoms with Crippen LogP contribution in [0.25, 0.3) is 10.9 Å². The molecular formula is C27H32LiNO3. The number of carbonyl (C=O) groups excluding carboxylic acids is 1. The number of rotatable bonds is 12. The minimum atomic E-state index is -1.15. The molecule has 0 saturated carbocycles. The number of pyridine rings is 1. The molecule has 32 heavy (non-hydrogen) atoms. The number of aromatic nitrogens is 1. The number of carbonyl (C=O) groups is 1. The standard InChI is InChI=1S/C27H33NO3.Li/c1-2-3-4-5-6-7-11-26(29)22-14-13-21-15-17-24(28-25(21)19-22)16-12-20-9-8-10-23(18-20)27(30)31;/h8-10,13-15,17-19,26,29H,2-7,11-12,16H2,1H3,(H,30,31);/q;+1/p-1. The second-order valence-electron chi connectivity index (χ2n) is 8.31. The van der Waals surface area contributed by atoms with E-state index in [0.717, 1.165) is 47.0 Å². The van der Waals surface area contributed by atoms with Crippen molar-refractivity contribution in [2.24, 2.45) is 0 Å². The Hall–Kier alpha value is -2.12. The molecule has 0 bridgehead atoms. The molecular weight excluding hydrogens is 393 g/mol. The van der Waals surface area contributed by atoms with E-state index in [4.69, 9.17) is 4.98 Å². The molecule has 2 aromatic carbocycles. The molecule has 0 spiro atoms. The largest absolute Gasteiger partial charge is 1.00 e. The van der Waals surface area contributed by atoms with Gasteiger partial charge in [-0.3, -0.25) is 4.98 Å². The van der Waals surface area contributed by atoms with Crippen molar-refractivity contribution in [3.63, 3.8) is 0 Å². The quantitative estimate of drug-likeness (QED) is 0.357. The normalized spacial score (nSPS) is 11.8. The van der Waals surface area contributed by atoms with Gasteiger partial charge in [0, 0.05) is 11.1 Å². The maximum atomic E-state index is 11.0. The summed E-state index contributed by atoms with van der Waals surface area (Å²) in [6.07, 6.45) is 9.05. The molecule has 5 heteroatoms. The molecule has 0 aliphatic heterocycles. The van der Waals surface area contributed by atoms with Crippen molar-refractivity contribution < 1.29 is 33.9 Å². The van der Waals surface area contributed by atoms with Crippen LogP contribution in [0.1, 0.15) is 85.2 Å². The van der Waals surface area contributed by atoms with E-state index in [0.29, 0.717) is 6.42 Å². The fourth-order valence-corrected chi connectivity index (χ4v) is 3.93. The molecule has 1 aromatic heterocycles. The Kier molecular flexibility index (Phi) is 11.0. The number of hydrogen-bond acceptors (Lipinski definition) is 4. The van der Waals surface area contributed by atoms with E-state index in [1.165, 1.54) is 32.1 Å². The summed E-state index contributed by atoms with van der Waals surface area (Å²) in [5.74, 6) is -1.15. The fraction of sp³-hybridized carbons (Fsp3) is 0.407. The maximum Gasteiger partial charge on any atom is 1.00 e. The number of aliphatic hydroxyl groups excluding tert-OH is 1. The van der Waals surface area contributed by atoms with E-state index >= 15 is 0 Å². The number of nitrogens with zero attached hydrogens (tertiary/aromatic N) is 1. The van der Waals surface area contributed by atoms with Crippen molar-refractivity contribution in [2.45, 2.75) is 70.8 Å². The summed E-state index contributed by atoms with van der Waals surface area (Å²) in [5.41, 5.74) is 3.92. The average molecular weight is 425 g/mol. The van der Waals surface area contributed by atoms with Gasteiger partial charge in [0.15, 0.2) is 0 Å². The summed E-state index contributed by atoms with van der Waals surface area (Å²) < 4.78 is 0. The Balaban J connectivity index is 0.00000363. The van der Waals surface area contributed by atoms with Crippen LogP contribution in [-0.4, -0.2) is 16.1 Å². The first kappa shape index (κ1) is 26.1. The van der Waals surface area contributed by atoms with Gasteiger partial charge in [0.2, 0.25) is 0 Å². The van der Waals surface area contributed by atoms with Crippen molar-refractivity contribution in [2.75, 3.05) is 0 Å². The first-order valence-corrected chi connectivity index (χ1v) is 11.4. The predicted octanol–water partition coefficient (Wildman–Crippen LogP) is 2.17. The smallest absolute Gasteiger partial charge is 0.545 e. The molecule has 0 aliphatic carbocycles. The van der Waals surface area contributed by atoms with Crippen molar-refractivity contribution in [3.8, 4) is 0 Å². The molecule has 1 heterocycles. The Labute approximate surface area is 203 Å². The monoisotopic (exact) mass is 425 g/mol. The molecule has 0 saturated heterocycles. The van der Waals surface area contributed by atoms with E-state index < -0.39 is 12.1 Å². The topological polar surface area (TPSA) is 73.2 Å². The van der Waals surface area contributed by atoms with Crippen molar-refractivity contribution >= 4 is 16.9 Å².